The quantitative estimate of drug-likeness (QED) is 0.293. The van der Waals surface area contributed by atoms with Crippen LogP contribution in [0.1, 0.15) is 48.8 Å². The number of ether oxygens (including phenoxy) is 1. The lowest BCUT2D eigenvalue weighted by molar-refractivity contribution is 0.369. The van der Waals surface area contributed by atoms with E-state index in [-0.39, 0.29) is 29.0 Å². The van der Waals surface area contributed by atoms with E-state index < -0.39 is 11.6 Å². The molecule has 4 heteroatoms. The van der Waals surface area contributed by atoms with Crippen LogP contribution in [0, 0.1) is 23.4 Å². The fourth-order valence-electron chi connectivity index (χ4n) is 4.81. The summed E-state index contributed by atoms with van der Waals surface area (Å²) in [5, 5.41) is 0. The first-order valence-electron chi connectivity index (χ1n) is 11.2. The van der Waals surface area contributed by atoms with Crippen LogP contribution < -0.4 is 0 Å². The van der Waals surface area contributed by atoms with Crippen molar-refractivity contribution in [2.24, 2.45) is 5.92 Å². The molecule has 0 aromatic heterocycles. The van der Waals surface area contributed by atoms with E-state index >= 15 is 0 Å². The van der Waals surface area contributed by atoms with Gasteiger partial charge >= 0.3 is 0 Å². The number of hydrogen-bond acceptors (Lipinski definition) is 1. The standard InChI is InChI=1S/C28H25F3O/c1-2-17-3-5-19(6-4-17)22-12-11-21(15-25(22)29)18-7-9-20(10-8-18)23-13-14-24(26-16-32-26)28(31)27(23)30/h2,7-15,17,19,26H,1,3-6,16H2. The second kappa shape index (κ2) is 8.59. The molecule has 0 N–H and O–H groups in total. The monoisotopic (exact) mass is 434 g/mol. The molecule has 3 aromatic rings. The first-order chi connectivity index (χ1) is 15.5. The van der Waals surface area contributed by atoms with Crippen LogP contribution in [0.3, 0.4) is 0 Å². The van der Waals surface area contributed by atoms with Crippen LogP contribution in [0.25, 0.3) is 22.3 Å². The van der Waals surface area contributed by atoms with Crippen molar-refractivity contribution >= 4 is 0 Å². The van der Waals surface area contributed by atoms with Crippen molar-refractivity contribution in [1.29, 1.82) is 0 Å². The largest absolute Gasteiger partial charge is 0.368 e. The Hall–Kier alpha value is -2.85. The lowest BCUT2D eigenvalue weighted by Gasteiger charge is -2.27. The summed E-state index contributed by atoms with van der Waals surface area (Å²) in [4.78, 5) is 0. The maximum absolute atomic E-state index is 14.9. The predicted molar refractivity (Wildman–Crippen MR) is 121 cm³/mol. The zero-order valence-corrected chi connectivity index (χ0v) is 17.8. The third-order valence-electron chi connectivity index (χ3n) is 6.87. The van der Waals surface area contributed by atoms with Gasteiger partial charge < -0.3 is 4.74 Å². The maximum Gasteiger partial charge on any atom is 0.167 e. The SMILES string of the molecule is C=CC1CCC(c2ccc(-c3ccc(-c4ccc(C5CO5)c(F)c4F)cc3)cc2F)CC1. The highest BCUT2D eigenvalue weighted by Gasteiger charge is 2.30. The summed E-state index contributed by atoms with van der Waals surface area (Å²) < 4.78 is 48.9. The van der Waals surface area contributed by atoms with Gasteiger partial charge in [-0.15, -0.1) is 6.58 Å². The van der Waals surface area contributed by atoms with Crippen molar-refractivity contribution in [2.75, 3.05) is 6.61 Å². The average molecular weight is 435 g/mol. The molecule has 2 fully saturated rings. The highest BCUT2D eigenvalue weighted by molar-refractivity contribution is 5.71. The summed E-state index contributed by atoms with van der Waals surface area (Å²) in [5.74, 6) is -1.10. The lowest BCUT2D eigenvalue weighted by atomic mass is 9.78. The Bertz CT molecular complexity index is 1140. The van der Waals surface area contributed by atoms with Crippen LogP contribution in [0.15, 0.2) is 67.3 Å². The summed E-state index contributed by atoms with van der Waals surface area (Å²) in [5.41, 5.74) is 3.42. The number of benzene rings is 3. The highest BCUT2D eigenvalue weighted by atomic mass is 19.2. The van der Waals surface area contributed by atoms with Crippen LogP contribution >= 0.6 is 0 Å². The summed E-state index contributed by atoms with van der Waals surface area (Å²) in [6.07, 6.45) is 5.75. The minimum Gasteiger partial charge on any atom is -0.368 e. The molecule has 1 saturated carbocycles. The van der Waals surface area contributed by atoms with Gasteiger partial charge in [0.15, 0.2) is 11.6 Å². The first kappa shape index (κ1) is 21.0. The Morgan fingerprint density at radius 3 is 2.00 bits per heavy atom. The third-order valence-corrected chi connectivity index (χ3v) is 6.87. The number of rotatable bonds is 5. The van der Waals surface area contributed by atoms with E-state index in [2.05, 4.69) is 6.58 Å². The Kier molecular flexibility index (Phi) is 5.64. The van der Waals surface area contributed by atoms with Crippen LogP contribution in [0.2, 0.25) is 0 Å². The Balaban J connectivity index is 1.36. The van der Waals surface area contributed by atoms with Crippen molar-refractivity contribution in [1.82, 2.24) is 0 Å². The van der Waals surface area contributed by atoms with Crippen molar-refractivity contribution < 1.29 is 17.9 Å². The van der Waals surface area contributed by atoms with Crippen molar-refractivity contribution in [3.8, 4) is 22.3 Å². The molecule has 1 unspecified atom stereocenters. The molecule has 2 aliphatic rings. The summed E-state index contributed by atoms with van der Waals surface area (Å²) in [7, 11) is 0. The summed E-state index contributed by atoms with van der Waals surface area (Å²) in [6, 6.07) is 15.7. The Morgan fingerprint density at radius 1 is 0.750 bits per heavy atom. The molecule has 32 heavy (non-hydrogen) atoms. The van der Waals surface area contributed by atoms with E-state index in [0.29, 0.717) is 18.1 Å². The van der Waals surface area contributed by atoms with Gasteiger partial charge in [0.1, 0.15) is 11.9 Å². The zero-order chi connectivity index (χ0) is 22.2. The van der Waals surface area contributed by atoms with Gasteiger partial charge in [-0.2, -0.15) is 0 Å². The Morgan fingerprint density at radius 2 is 1.38 bits per heavy atom. The molecule has 3 aromatic carbocycles. The molecular formula is C28H25F3O. The molecule has 1 atom stereocenters. The molecule has 0 bridgehead atoms. The zero-order valence-electron chi connectivity index (χ0n) is 17.8. The van der Waals surface area contributed by atoms with E-state index in [1.807, 2.05) is 30.3 Å². The third kappa shape index (κ3) is 4.00. The smallest absolute Gasteiger partial charge is 0.167 e. The second-order valence-electron chi connectivity index (χ2n) is 8.81. The fraction of sp³-hybridized carbons (Fsp3) is 0.286. The van der Waals surface area contributed by atoms with Crippen LogP contribution in [-0.2, 0) is 4.74 Å². The molecule has 1 aliphatic heterocycles. The molecule has 1 aliphatic carbocycles. The number of hydrogen-bond donors (Lipinski definition) is 0. The van der Waals surface area contributed by atoms with Gasteiger partial charge in [0, 0.05) is 11.1 Å². The minimum absolute atomic E-state index is 0.181. The topological polar surface area (TPSA) is 12.5 Å². The molecule has 0 radical (unpaired) electrons. The van der Waals surface area contributed by atoms with Gasteiger partial charge in [-0.3, -0.25) is 0 Å². The van der Waals surface area contributed by atoms with E-state index in [9.17, 15) is 13.2 Å². The second-order valence-corrected chi connectivity index (χ2v) is 8.81. The van der Waals surface area contributed by atoms with E-state index in [1.54, 1.807) is 30.3 Å². The maximum atomic E-state index is 14.9. The van der Waals surface area contributed by atoms with E-state index in [1.165, 1.54) is 0 Å². The van der Waals surface area contributed by atoms with Crippen LogP contribution in [0.4, 0.5) is 13.2 Å². The van der Waals surface area contributed by atoms with Crippen molar-refractivity contribution in [3.63, 3.8) is 0 Å². The number of epoxide rings is 1. The van der Waals surface area contributed by atoms with Crippen LogP contribution in [-0.4, -0.2) is 6.61 Å². The molecule has 1 nitrogen and oxygen atoms in total. The fourth-order valence-corrected chi connectivity index (χ4v) is 4.81. The van der Waals surface area contributed by atoms with Crippen molar-refractivity contribution in [2.45, 2.75) is 37.7 Å². The predicted octanol–water partition coefficient (Wildman–Crippen LogP) is 7.97. The van der Waals surface area contributed by atoms with Crippen LogP contribution in [0.5, 0.6) is 0 Å². The van der Waals surface area contributed by atoms with Gasteiger partial charge in [0.2, 0.25) is 0 Å². The average Bonchev–Trinajstić information content (AvgIpc) is 3.66. The summed E-state index contributed by atoms with van der Waals surface area (Å²) in [6.45, 7) is 4.30. The first-order valence-corrected chi connectivity index (χ1v) is 11.2. The van der Waals surface area contributed by atoms with Gasteiger partial charge in [-0.1, -0.05) is 54.6 Å². The van der Waals surface area contributed by atoms with E-state index in [0.717, 1.165) is 42.4 Å². The Labute approximate surface area is 186 Å². The number of allylic oxidation sites excluding steroid dienone is 1. The molecule has 0 amide bonds. The molecule has 164 valence electrons. The van der Waals surface area contributed by atoms with Gasteiger partial charge in [0.05, 0.1) is 6.61 Å². The molecular weight excluding hydrogens is 409 g/mol. The summed E-state index contributed by atoms with van der Waals surface area (Å²) >= 11 is 0. The molecule has 1 saturated heterocycles. The van der Waals surface area contributed by atoms with Crippen molar-refractivity contribution in [3.05, 3.63) is 95.8 Å². The molecule has 1 heterocycles. The lowest BCUT2D eigenvalue weighted by Crippen LogP contribution is -2.12. The van der Waals surface area contributed by atoms with Gasteiger partial charge in [-0.25, -0.2) is 13.2 Å². The molecule has 0 spiro atoms. The van der Waals surface area contributed by atoms with Gasteiger partial charge in [0.25, 0.3) is 0 Å². The van der Waals surface area contributed by atoms with Gasteiger partial charge in [-0.05, 0) is 65.8 Å². The minimum atomic E-state index is -0.868. The molecule has 5 rings (SSSR count). The highest BCUT2D eigenvalue weighted by Crippen LogP contribution is 2.39. The normalized spacial score (nSPS) is 22.5. The van der Waals surface area contributed by atoms with E-state index in [4.69, 9.17) is 4.74 Å². The number of halogens is 3.